The van der Waals surface area contributed by atoms with Gasteiger partial charge >= 0.3 is 0 Å². The van der Waals surface area contributed by atoms with Crippen molar-refractivity contribution in [3.05, 3.63) is 66.0 Å². The van der Waals surface area contributed by atoms with Crippen molar-refractivity contribution < 1.29 is 12.8 Å². The van der Waals surface area contributed by atoms with Crippen LogP contribution in [0.3, 0.4) is 0 Å². The van der Waals surface area contributed by atoms with Crippen LogP contribution >= 0.6 is 0 Å². The summed E-state index contributed by atoms with van der Waals surface area (Å²) >= 11 is 0. The van der Waals surface area contributed by atoms with Crippen LogP contribution in [0.25, 0.3) is 0 Å². The molecule has 1 saturated heterocycles. The highest BCUT2D eigenvalue weighted by Crippen LogP contribution is 2.29. The second-order valence-electron chi connectivity index (χ2n) is 6.69. The maximum absolute atomic E-state index is 13.1. The molecule has 140 valence electrons. The van der Waals surface area contributed by atoms with Crippen LogP contribution < -0.4 is 0 Å². The minimum absolute atomic E-state index is 0.0683. The summed E-state index contributed by atoms with van der Waals surface area (Å²) in [6.45, 7) is 5.96. The zero-order valence-corrected chi connectivity index (χ0v) is 16.0. The van der Waals surface area contributed by atoms with Crippen LogP contribution in [-0.2, 0) is 10.0 Å². The molecular formula is C20H25FN2O2S. The lowest BCUT2D eigenvalue weighted by Crippen LogP contribution is -2.42. The summed E-state index contributed by atoms with van der Waals surface area (Å²) in [5.74, 6) is -0.435. The molecule has 0 aromatic heterocycles. The molecule has 0 amide bonds. The van der Waals surface area contributed by atoms with Gasteiger partial charge in [0.05, 0.1) is 4.90 Å². The minimum Gasteiger partial charge on any atom is -0.295 e. The molecule has 2 aromatic rings. The van der Waals surface area contributed by atoms with Crippen molar-refractivity contribution in [1.82, 2.24) is 9.21 Å². The van der Waals surface area contributed by atoms with Crippen LogP contribution in [-0.4, -0.2) is 43.3 Å². The summed E-state index contributed by atoms with van der Waals surface area (Å²) in [4.78, 5) is 2.47. The fourth-order valence-corrected chi connectivity index (χ4v) is 5.32. The minimum atomic E-state index is -3.63. The highest BCUT2D eigenvalue weighted by Gasteiger charge is 2.36. The number of hydrogen-bond donors (Lipinski definition) is 0. The third-order valence-electron chi connectivity index (χ3n) is 5.16. The van der Waals surface area contributed by atoms with Crippen LogP contribution in [0.2, 0.25) is 0 Å². The van der Waals surface area contributed by atoms with Crippen LogP contribution in [0.15, 0.2) is 59.5 Å². The van der Waals surface area contributed by atoms with E-state index in [4.69, 9.17) is 0 Å². The zero-order chi connectivity index (χ0) is 18.7. The molecule has 0 aliphatic carbocycles. The number of sulfonamides is 1. The molecule has 0 bridgehead atoms. The Kier molecular flexibility index (Phi) is 5.75. The van der Waals surface area contributed by atoms with Crippen molar-refractivity contribution in [2.75, 3.05) is 19.6 Å². The van der Waals surface area contributed by atoms with Gasteiger partial charge in [0, 0.05) is 31.7 Å². The molecule has 2 aromatic carbocycles. The number of likely N-dealkylation sites (N-methyl/N-ethyl adjacent to an activating group) is 1. The molecule has 2 unspecified atom stereocenters. The average molecular weight is 376 g/mol. The topological polar surface area (TPSA) is 40.6 Å². The van der Waals surface area contributed by atoms with Crippen LogP contribution in [0.1, 0.15) is 31.9 Å². The first-order chi connectivity index (χ1) is 12.4. The Bertz CT molecular complexity index is 825. The smallest absolute Gasteiger partial charge is 0.243 e. The number of rotatable bonds is 6. The van der Waals surface area contributed by atoms with Gasteiger partial charge in [0.25, 0.3) is 0 Å². The van der Waals surface area contributed by atoms with E-state index < -0.39 is 15.8 Å². The van der Waals surface area contributed by atoms with E-state index in [-0.39, 0.29) is 17.0 Å². The van der Waals surface area contributed by atoms with E-state index in [2.05, 4.69) is 24.0 Å². The maximum Gasteiger partial charge on any atom is 0.243 e. The van der Waals surface area contributed by atoms with Gasteiger partial charge in [-0.25, -0.2) is 12.8 Å². The summed E-state index contributed by atoms with van der Waals surface area (Å²) in [5, 5.41) is 0. The summed E-state index contributed by atoms with van der Waals surface area (Å²) in [6, 6.07) is 15.5. The molecule has 6 heteroatoms. The molecule has 1 aliphatic heterocycles. The standard InChI is InChI=1S/C20H25FN2O2S/c1-3-23(26(24,25)20-11-9-18(21)10-12-20)19-13-14-22(15-19)16(2)17-7-5-4-6-8-17/h4-12,16,19H,3,13-15H2,1-2H3. The Morgan fingerprint density at radius 3 is 2.42 bits per heavy atom. The Hall–Kier alpha value is -1.76. The fraction of sp³-hybridized carbons (Fsp3) is 0.400. The molecular weight excluding hydrogens is 351 g/mol. The normalized spacial score (nSPS) is 19.8. The Balaban J connectivity index is 1.76. The van der Waals surface area contributed by atoms with Gasteiger partial charge in [-0.05, 0) is 43.2 Å². The molecule has 2 atom stereocenters. The lowest BCUT2D eigenvalue weighted by atomic mass is 10.1. The van der Waals surface area contributed by atoms with Crippen LogP contribution in [0.4, 0.5) is 4.39 Å². The molecule has 1 heterocycles. The van der Waals surface area contributed by atoms with E-state index in [1.165, 1.54) is 29.8 Å². The molecule has 26 heavy (non-hydrogen) atoms. The highest BCUT2D eigenvalue weighted by atomic mass is 32.2. The van der Waals surface area contributed by atoms with Crippen LogP contribution in [0, 0.1) is 5.82 Å². The summed E-state index contributed by atoms with van der Waals surface area (Å²) < 4.78 is 40.7. The third-order valence-corrected chi connectivity index (χ3v) is 7.21. The van der Waals surface area contributed by atoms with E-state index >= 15 is 0 Å². The number of halogens is 1. The second-order valence-corrected chi connectivity index (χ2v) is 8.58. The first-order valence-corrected chi connectivity index (χ1v) is 10.4. The summed E-state index contributed by atoms with van der Waals surface area (Å²) in [6.07, 6.45) is 0.797. The molecule has 1 aliphatic rings. The fourth-order valence-electron chi connectivity index (χ4n) is 3.66. The molecule has 3 rings (SSSR count). The van der Waals surface area contributed by atoms with Gasteiger partial charge in [0.15, 0.2) is 0 Å². The molecule has 0 N–H and O–H groups in total. The SMILES string of the molecule is CCN(C1CCN(C(C)c2ccccc2)C1)S(=O)(=O)c1ccc(F)cc1. The lowest BCUT2D eigenvalue weighted by molar-refractivity contribution is 0.239. The van der Waals surface area contributed by atoms with Crippen molar-refractivity contribution in [2.24, 2.45) is 0 Å². The Morgan fingerprint density at radius 2 is 1.81 bits per heavy atom. The molecule has 0 radical (unpaired) electrons. The largest absolute Gasteiger partial charge is 0.295 e. The van der Waals surface area contributed by atoms with E-state index in [0.717, 1.165) is 13.0 Å². The zero-order valence-electron chi connectivity index (χ0n) is 15.2. The predicted molar refractivity (Wildman–Crippen MR) is 101 cm³/mol. The lowest BCUT2D eigenvalue weighted by Gasteiger charge is -2.29. The Morgan fingerprint density at radius 1 is 1.15 bits per heavy atom. The highest BCUT2D eigenvalue weighted by molar-refractivity contribution is 7.89. The van der Waals surface area contributed by atoms with Crippen molar-refractivity contribution >= 4 is 10.0 Å². The first-order valence-electron chi connectivity index (χ1n) is 9.00. The summed E-state index contributed by atoms with van der Waals surface area (Å²) in [7, 11) is -3.63. The third kappa shape index (κ3) is 3.82. The van der Waals surface area contributed by atoms with E-state index in [0.29, 0.717) is 13.1 Å². The van der Waals surface area contributed by atoms with E-state index in [1.807, 2.05) is 25.1 Å². The number of nitrogens with zero attached hydrogens (tertiary/aromatic N) is 2. The van der Waals surface area contributed by atoms with Gasteiger partial charge in [-0.15, -0.1) is 0 Å². The van der Waals surface area contributed by atoms with E-state index in [9.17, 15) is 12.8 Å². The first kappa shape index (κ1) is 19.0. The van der Waals surface area contributed by atoms with Crippen molar-refractivity contribution in [2.45, 2.75) is 37.2 Å². The van der Waals surface area contributed by atoms with Gasteiger partial charge in [-0.3, -0.25) is 4.90 Å². The molecule has 0 spiro atoms. The van der Waals surface area contributed by atoms with Crippen molar-refractivity contribution in [3.8, 4) is 0 Å². The van der Waals surface area contributed by atoms with Crippen molar-refractivity contribution in [1.29, 1.82) is 0 Å². The molecule has 4 nitrogen and oxygen atoms in total. The predicted octanol–water partition coefficient (Wildman–Crippen LogP) is 3.67. The van der Waals surface area contributed by atoms with E-state index in [1.54, 1.807) is 4.31 Å². The van der Waals surface area contributed by atoms with Gasteiger partial charge in [0.2, 0.25) is 10.0 Å². The Labute approximate surface area is 155 Å². The molecule has 1 fully saturated rings. The van der Waals surface area contributed by atoms with Crippen molar-refractivity contribution in [3.63, 3.8) is 0 Å². The monoisotopic (exact) mass is 376 g/mol. The van der Waals surface area contributed by atoms with Gasteiger partial charge in [-0.1, -0.05) is 37.3 Å². The second kappa shape index (κ2) is 7.86. The number of benzene rings is 2. The average Bonchev–Trinajstić information content (AvgIpc) is 3.12. The quantitative estimate of drug-likeness (QED) is 0.772. The number of hydrogen-bond acceptors (Lipinski definition) is 3. The number of likely N-dealkylation sites (tertiary alicyclic amines) is 1. The van der Waals surface area contributed by atoms with Gasteiger partial charge < -0.3 is 0 Å². The van der Waals surface area contributed by atoms with Crippen LogP contribution in [0.5, 0.6) is 0 Å². The van der Waals surface area contributed by atoms with Gasteiger partial charge in [-0.2, -0.15) is 4.31 Å². The maximum atomic E-state index is 13.1. The molecule has 0 saturated carbocycles. The summed E-state index contributed by atoms with van der Waals surface area (Å²) in [5.41, 5.74) is 1.23. The van der Waals surface area contributed by atoms with Gasteiger partial charge in [0.1, 0.15) is 5.82 Å².